The van der Waals surface area contributed by atoms with E-state index in [1.807, 2.05) is 42.5 Å². The van der Waals surface area contributed by atoms with Crippen molar-refractivity contribution in [3.63, 3.8) is 0 Å². The Hall–Kier alpha value is -1.67. The number of halogens is 1. The summed E-state index contributed by atoms with van der Waals surface area (Å²) in [6, 6.07) is 18.3. The quantitative estimate of drug-likeness (QED) is 0.608. The first-order chi connectivity index (χ1) is 8.31. The summed E-state index contributed by atoms with van der Waals surface area (Å²) in [5, 5.41) is 0. The Balaban J connectivity index is 2.31. The summed E-state index contributed by atoms with van der Waals surface area (Å²) in [7, 11) is 0. The maximum Gasteiger partial charge on any atom is 0.143 e. The number of rotatable bonds is 3. The molecule has 0 amide bonds. The monoisotopic (exact) mass is 286 g/mol. The van der Waals surface area contributed by atoms with Crippen molar-refractivity contribution in [3.8, 4) is 11.1 Å². The molecule has 0 radical (unpaired) electrons. The number of allylic oxidation sites excluding steroid dienone is 1. The molecule has 2 aromatic rings. The Labute approximate surface area is 109 Å². The van der Waals surface area contributed by atoms with Crippen LogP contribution < -0.4 is 0 Å². The molecule has 0 unspecified atom stereocenters. The number of aldehydes is 1. The maximum absolute atomic E-state index is 10.4. The Kier molecular flexibility index (Phi) is 3.89. The van der Waals surface area contributed by atoms with Gasteiger partial charge in [0.1, 0.15) is 6.29 Å². The van der Waals surface area contributed by atoms with Crippen LogP contribution in [0.5, 0.6) is 0 Å². The molecule has 0 heterocycles. The number of hydrogen-bond acceptors (Lipinski definition) is 1. The summed E-state index contributed by atoms with van der Waals surface area (Å²) in [4.78, 5) is 10.4. The second kappa shape index (κ2) is 5.60. The smallest absolute Gasteiger partial charge is 0.143 e. The van der Waals surface area contributed by atoms with Gasteiger partial charge < -0.3 is 0 Å². The molecule has 0 atom stereocenters. The van der Waals surface area contributed by atoms with Gasteiger partial charge in [0.25, 0.3) is 0 Å². The van der Waals surface area contributed by atoms with Gasteiger partial charge >= 0.3 is 0 Å². The molecule has 0 aliphatic rings. The Bertz CT molecular complexity index is 527. The molecule has 0 bridgehead atoms. The summed E-state index contributed by atoms with van der Waals surface area (Å²) >= 11 is 3.36. The van der Waals surface area contributed by atoms with E-state index in [4.69, 9.17) is 0 Å². The van der Waals surface area contributed by atoms with Gasteiger partial charge in [0.05, 0.1) is 0 Å². The van der Waals surface area contributed by atoms with Crippen molar-refractivity contribution < 1.29 is 4.79 Å². The molecule has 0 N–H and O–H groups in total. The van der Waals surface area contributed by atoms with E-state index >= 15 is 0 Å². The van der Waals surface area contributed by atoms with E-state index in [0.29, 0.717) is 0 Å². The van der Waals surface area contributed by atoms with Crippen molar-refractivity contribution >= 4 is 26.7 Å². The highest BCUT2D eigenvalue weighted by Gasteiger charge is 1.99. The van der Waals surface area contributed by atoms with E-state index in [0.717, 1.165) is 16.3 Å². The van der Waals surface area contributed by atoms with Crippen LogP contribution in [0.3, 0.4) is 0 Å². The first-order valence-corrected chi connectivity index (χ1v) is 6.07. The van der Waals surface area contributed by atoms with Gasteiger partial charge in [-0.1, -0.05) is 70.5 Å². The number of carbonyl (C=O) groups excluding carboxylic acids is 1. The highest BCUT2D eigenvalue weighted by atomic mass is 79.9. The van der Waals surface area contributed by atoms with Crippen LogP contribution in [0.15, 0.2) is 60.7 Å². The molecular weight excluding hydrogens is 276 g/mol. The second-order valence-corrected chi connectivity index (χ2v) is 4.45. The number of carbonyl (C=O) groups is 1. The van der Waals surface area contributed by atoms with Crippen LogP contribution in [0.25, 0.3) is 15.6 Å². The van der Waals surface area contributed by atoms with Crippen LogP contribution in [0.2, 0.25) is 0 Å². The van der Waals surface area contributed by atoms with Crippen molar-refractivity contribution in [3.05, 3.63) is 66.2 Å². The van der Waals surface area contributed by atoms with Gasteiger partial charge in [-0.3, -0.25) is 4.79 Å². The number of hydrogen-bond donors (Lipinski definition) is 0. The van der Waals surface area contributed by atoms with Crippen molar-refractivity contribution in [2.75, 3.05) is 0 Å². The van der Waals surface area contributed by atoms with Gasteiger partial charge in [-0.2, -0.15) is 0 Å². The lowest BCUT2D eigenvalue weighted by molar-refractivity contribution is -0.104. The fourth-order valence-electron chi connectivity index (χ4n) is 1.61. The predicted molar refractivity (Wildman–Crippen MR) is 74.8 cm³/mol. The third kappa shape index (κ3) is 2.92. The third-order valence-electron chi connectivity index (χ3n) is 2.48. The van der Waals surface area contributed by atoms with Gasteiger partial charge in [0.15, 0.2) is 0 Å². The highest BCUT2D eigenvalue weighted by Crippen LogP contribution is 2.24. The lowest BCUT2D eigenvalue weighted by atomic mass is 10.0. The van der Waals surface area contributed by atoms with Gasteiger partial charge in [-0.05, 0) is 22.8 Å². The van der Waals surface area contributed by atoms with Crippen LogP contribution in [0.1, 0.15) is 5.56 Å². The predicted octanol–water partition coefficient (Wildman–Crippen LogP) is 4.29. The lowest BCUT2D eigenvalue weighted by Crippen LogP contribution is -1.80. The zero-order valence-corrected chi connectivity index (χ0v) is 10.7. The van der Waals surface area contributed by atoms with E-state index in [1.165, 1.54) is 17.2 Å². The van der Waals surface area contributed by atoms with Gasteiger partial charge in [-0.25, -0.2) is 0 Å². The van der Waals surface area contributed by atoms with Crippen LogP contribution in [-0.4, -0.2) is 6.29 Å². The first kappa shape index (κ1) is 11.8. The topological polar surface area (TPSA) is 17.1 Å². The Morgan fingerprint density at radius 3 is 2.06 bits per heavy atom. The van der Waals surface area contributed by atoms with Crippen LogP contribution in [0, 0.1) is 0 Å². The van der Waals surface area contributed by atoms with Gasteiger partial charge in [0, 0.05) is 4.48 Å². The van der Waals surface area contributed by atoms with Crippen LogP contribution in [-0.2, 0) is 4.79 Å². The molecule has 0 saturated carbocycles. The van der Waals surface area contributed by atoms with Crippen LogP contribution >= 0.6 is 15.9 Å². The average molecular weight is 287 g/mol. The molecule has 0 saturated heterocycles. The van der Waals surface area contributed by atoms with E-state index in [-0.39, 0.29) is 0 Å². The molecular formula is C15H11BrO. The molecule has 17 heavy (non-hydrogen) atoms. The summed E-state index contributed by atoms with van der Waals surface area (Å²) in [5.41, 5.74) is 3.35. The van der Waals surface area contributed by atoms with Crippen molar-refractivity contribution in [1.82, 2.24) is 0 Å². The second-order valence-electron chi connectivity index (χ2n) is 3.59. The summed E-state index contributed by atoms with van der Waals surface area (Å²) in [6.45, 7) is 0. The fourth-order valence-corrected chi connectivity index (χ4v) is 1.98. The molecule has 0 aromatic heterocycles. The minimum absolute atomic E-state index is 0.773. The van der Waals surface area contributed by atoms with Crippen LogP contribution in [0.4, 0.5) is 0 Å². The minimum Gasteiger partial charge on any atom is -0.299 e. The first-order valence-electron chi connectivity index (χ1n) is 5.28. The average Bonchev–Trinajstić information content (AvgIpc) is 2.40. The molecule has 0 fully saturated rings. The van der Waals surface area contributed by atoms with E-state index in [1.54, 1.807) is 0 Å². The summed E-state index contributed by atoms with van der Waals surface area (Å²) < 4.78 is 0.798. The minimum atomic E-state index is 0.773. The van der Waals surface area contributed by atoms with E-state index in [2.05, 4.69) is 28.1 Å². The third-order valence-corrected chi connectivity index (χ3v) is 3.20. The fraction of sp³-hybridized carbons (Fsp3) is 0. The lowest BCUT2D eigenvalue weighted by Gasteiger charge is -2.03. The van der Waals surface area contributed by atoms with Crippen molar-refractivity contribution in [2.24, 2.45) is 0 Å². The van der Waals surface area contributed by atoms with Gasteiger partial charge in [-0.15, -0.1) is 0 Å². The molecule has 2 rings (SSSR count). The zero-order chi connectivity index (χ0) is 12.1. The van der Waals surface area contributed by atoms with Gasteiger partial charge in [0.2, 0.25) is 0 Å². The van der Waals surface area contributed by atoms with E-state index in [9.17, 15) is 4.79 Å². The van der Waals surface area contributed by atoms with Crippen molar-refractivity contribution in [2.45, 2.75) is 0 Å². The standard InChI is InChI=1S/C15H11BrO/c16-15(10-11-17)14-8-6-13(7-9-14)12-4-2-1-3-5-12/h1-11H. The normalized spacial score (nSPS) is 11.2. The molecule has 0 spiro atoms. The Morgan fingerprint density at radius 1 is 0.882 bits per heavy atom. The Morgan fingerprint density at radius 2 is 1.47 bits per heavy atom. The molecule has 1 nitrogen and oxygen atoms in total. The van der Waals surface area contributed by atoms with E-state index < -0.39 is 0 Å². The molecule has 2 heteroatoms. The largest absolute Gasteiger partial charge is 0.299 e. The summed E-state index contributed by atoms with van der Waals surface area (Å²) in [6.07, 6.45) is 2.27. The zero-order valence-electron chi connectivity index (χ0n) is 9.14. The molecule has 84 valence electrons. The number of benzene rings is 2. The summed E-state index contributed by atoms with van der Waals surface area (Å²) in [5.74, 6) is 0. The SMILES string of the molecule is O=CC=C(Br)c1ccc(-c2ccccc2)cc1. The molecule has 0 aliphatic heterocycles. The van der Waals surface area contributed by atoms with Crippen molar-refractivity contribution in [1.29, 1.82) is 0 Å². The molecule has 0 aliphatic carbocycles. The molecule has 2 aromatic carbocycles. The highest BCUT2D eigenvalue weighted by molar-refractivity contribution is 9.15. The maximum atomic E-state index is 10.4.